The SMILES string of the molecule is O=C(O)Cn1c(-c2ccc(-c3nc4ccccc4n3CC(=O)O)cc2)nc2ccccc21. The van der Waals surface area contributed by atoms with Crippen molar-refractivity contribution in [3.8, 4) is 22.8 Å². The third kappa shape index (κ3) is 3.37. The molecule has 2 heterocycles. The van der Waals surface area contributed by atoms with E-state index in [1.807, 2.05) is 72.8 Å². The van der Waals surface area contributed by atoms with Crippen LogP contribution in [0, 0.1) is 0 Å². The maximum atomic E-state index is 11.4. The summed E-state index contributed by atoms with van der Waals surface area (Å²) in [5, 5.41) is 18.7. The molecule has 2 aromatic heterocycles. The monoisotopic (exact) mass is 426 g/mol. The van der Waals surface area contributed by atoms with Gasteiger partial charge in [0.1, 0.15) is 24.7 Å². The summed E-state index contributed by atoms with van der Waals surface area (Å²) >= 11 is 0. The molecule has 0 radical (unpaired) electrons. The molecule has 32 heavy (non-hydrogen) atoms. The Morgan fingerprint density at radius 3 is 1.38 bits per heavy atom. The van der Waals surface area contributed by atoms with Gasteiger partial charge in [0, 0.05) is 11.1 Å². The number of benzene rings is 3. The largest absolute Gasteiger partial charge is 0.480 e. The van der Waals surface area contributed by atoms with Gasteiger partial charge >= 0.3 is 11.9 Å². The lowest BCUT2D eigenvalue weighted by Gasteiger charge is -2.09. The van der Waals surface area contributed by atoms with Crippen LogP contribution in [-0.4, -0.2) is 41.3 Å². The second kappa shape index (κ2) is 7.66. The highest BCUT2D eigenvalue weighted by Gasteiger charge is 2.17. The Labute approximate surface area is 182 Å². The summed E-state index contributed by atoms with van der Waals surface area (Å²) < 4.78 is 3.35. The molecule has 0 bridgehead atoms. The molecule has 158 valence electrons. The van der Waals surface area contributed by atoms with Crippen molar-refractivity contribution >= 4 is 34.0 Å². The van der Waals surface area contributed by atoms with Crippen LogP contribution in [-0.2, 0) is 22.7 Å². The van der Waals surface area contributed by atoms with Crippen molar-refractivity contribution in [2.75, 3.05) is 0 Å². The molecule has 0 atom stereocenters. The number of aromatic nitrogens is 4. The quantitative estimate of drug-likeness (QED) is 0.426. The molecule has 0 saturated carbocycles. The molecule has 0 spiro atoms. The molecule has 0 fully saturated rings. The third-order valence-corrected chi connectivity index (χ3v) is 5.30. The second-order valence-corrected chi connectivity index (χ2v) is 7.39. The minimum Gasteiger partial charge on any atom is -0.480 e. The Balaban J connectivity index is 1.60. The highest BCUT2D eigenvalue weighted by molar-refractivity contribution is 5.85. The van der Waals surface area contributed by atoms with Crippen molar-refractivity contribution in [3.05, 3.63) is 72.8 Å². The van der Waals surface area contributed by atoms with Gasteiger partial charge in [-0.05, 0) is 24.3 Å². The summed E-state index contributed by atoms with van der Waals surface area (Å²) in [5.41, 5.74) is 4.45. The fourth-order valence-corrected chi connectivity index (χ4v) is 3.95. The van der Waals surface area contributed by atoms with Crippen molar-refractivity contribution in [2.45, 2.75) is 13.1 Å². The zero-order valence-electron chi connectivity index (χ0n) is 16.8. The highest BCUT2D eigenvalue weighted by atomic mass is 16.4. The zero-order valence-corrected chi connectivity index (χ0v) is 16.8. The van der Waals surface area contributed by atoms with E-state index in [1.165, 1.54) is 0 Å². The lowest BCUT2D eigenvalue weighted by molar-refractivity contribution is -0.138. The second-order valence-electron chi connectivity index (χ2n) is 7.39. The van der Waals surface area contributed by atoms with Crippen LogP contribution in [0.2, 0.25) is 0 Å². The van der Waals surface area contributed by atoms with E-state index in [2.05, 4.69) is 9.97 Å². The molecule has 0 aliphatic heterocycles. The highest BCUT2D eigenvalue weighted by Crippen LogP contribution is 2.29. The van der Waals surface area contributed by atoms with Gasteiger partial charge in [0.15, 0.2) is 0 Å². The Bertz CT molecular complexity index is 1370. The predicted molar refractivity (Wildman–Crippen MR) is 119 cm³/mol. The maximum Gasteiger partial charge on any atom is 0.323 e. The Hall–Kier alpha value is -4.46. The molecule has 3 aromatic carbocycles. The number of nitrogens with zero attached hydrogens (tertiary/aromatic N) is 4. The van der Waals surface area contributed by atoms with Crippen molar-refractivity contribution in [2.24, 2.45) is 0 Å². The summed E-state index contributed by atoms with van der Waals surface area (Å²) in [6, 6.07) is 22.2. The molecule has 0 saturated heterocycles. The van der Waals surface area contributed by atoms with Gasteiger partial charge in [0.2, 0.25) is 0 Å². The first-order valence-corrected chi connectivity index (χ1v) is 9.96. The first-order chi connectivity index (χ1) is 15.5. The fourth-order valence-electron chi connectivity index (χ4n) is 3.95. The van der Waals surface area contributed by atoms with Gasteiger partial charge in [0.05, 0.1) is 22.1 Å². The number of fused-ring (bicyclic) bond motifs is 2. The van der Waals surface area contributed by atoms with Crippen LogP contribution in [0.15, 0.2) is 72.8 Å². The van der Waals surface area contributed by atoms with Gasteiger partial charge < -0.3 is 19.3 Å². The van der Waals surface area contributed by atoms with Crippen molar-refractivity contribution in [1.82, 2.24) is 19.1 Å². The van der Waals surface area contributed by atoms with E-state index in [9.17, 15) is 19.8 Å². The zero-order chi connectivity index (χ0) is 22.2. The van der Waals surface area contributed by atoms with E-state index >= 15 is 0 Å². The Kier molecular flexibility index (Phi) is 4.67. The molecule has 0 aliphatic carbocycles. The minimum atomic E-state index is -0.951. The molecule has 5 aromatic rings. The number of rotatable bonds is 6. The van der Waals surface area contributed by atoms with E-state index in [1.54, 1.807) is 9.13 Å². The van der Waals surface area contributed by atoms with Crippen LogP contribution in [0.3, 0.4) is 0 Å². The topological polar surface area (TPSA) is 110 Å². The summed E-state index contributed by atoms with van der Waals surface area (Å²) in [5.74, 6) is -0.791. The summed E-state index contributed by atoms with van der Waals surface area (Å²) in [6.07, 6.45) is 0. The summed E-state index contributed by atoms with van der Waals surface area (Å²) in [4.78, 5) is 32.1. The minimum absolute atomic E-state index is 0.202. The Morgan fingerprint density at radius 1 is 0.625 bits per heavy atom. The number of hydrogen-bond donors (Lipinski definition) is 2. The van der Waals surface area contributed by atoms with Gasteiger partial charge in [-0.2, -0.15) is 0 Å². The molecule has 8 nitrogen and oxygen atoms in total. The number of aliphatic carboxylic acids is 2. The molecular weight excluding hydrogens is 408 g/mol. The maximum absolute atomic E-state index is 11.4. The van der Waals surface area contributed by atoms with Crippen molar-refractivity contribution in [3.63, 3.8) is 0 Å². The standard InChI is InChI=1S/C24H18N4O4/c29-21(30)13-27-19-7-3-1-5-17(19)25-23(27)15-9-11-16(12-10-15)24-26-18-6-2-4-8-20(18)28(24)14-22(31)32/h1-12H,13-14H2,(H,29,30)(H,31,32). The summed E-state index contributed by atoms with van der Waals surface area (Å²) in [6.45, 7) is -0.405. The lowest BCUT2D eigenvalue weighted by atomic mass is 10.1. The molecule has 0 amide bonds. The van der Waals surface area contributed by atoms with Gasteiger partial charge in [-0.15, -0.1) is 0 Å². The first kappa shape index (κ1) is 19.5. The molecule has 0 aliphatic rings. The van der Waals surface area contributed by atoms with Crippen LogP contribution < -0.4 is 0 Å². The van der Waals surface area contributed by atoms with Gasteiger partial charge in [0.25, 0.3) is 0 Å². The van der Waals surface area contributed by atoms with Crippen LogP contribution >= 0.6 is 0 Å². The molecule has 0 unspecified atom stereocenters. The van der Waals surface area contributed by atoms with E-state index in [4.69, 9.17) is 0 Å². The van der Waals surface area contributed by atoms with Crippen LogP contribution in [0.4, 0.5) is 0 Å². The number of hydrogen-bond acceptors (Lipinski definition) is 4. The molecule has 2 N–H and O–H groups in total. The molecule has 8 heteroatoms. The van der Waals surface area contributed by atoms with E-state index < -0.39 is 11.9 Å². The Morgan fingerprint density at radius 2 is 1.00 bits per heavy atom. The number of carboxylic acids is 2. The average molecular weight is 426 g/mol. The van der Waals surface area contributed by atoms with Gasteiger partial charge in [-0.1, -0.05) is 48.5 Å². The number of para-hydroxylation sites is 4. The van der Waals surface area contributed by atoms with E-state index in [-0.39, 0.29) is 13.1 Å². The lowest BCUT2D eigenvalue weighted by Crippen LogP contribution is -2.10. The fraction of sp³-hybridized carbons (Fsp3) is 0.0833. The van der Waals surface area contributed by atoms with E-state index in [0.717, 1.165) is 33.2 Å². The number of carbonyl (C=O) groups is 2. The predicted octanol–water partition coefficient (Wildman–Crippen LogP) is 3.89. The van der Waals surface area contributed by atoms with Gasteiger partial charge in [-0.25, -0.2) is 9.97 Å². The first-order valence-electron chi connectivity index (χ1n) is 9.96. The normalized spacial score (nSPS) is 11.2. The number of carboxylic acid groups (broad SMARTS) is 2. The smallest absolute Gasteiger partial charge is 0.323 e. The average Bonchev–Trinajstić information content (AvgIpc) is 3.32. The van der Waals surface area contributed by atoms with Gasteiger partial charge in [-0.3, -0.25) is 9.59 Å². The number of imidazole rings is 2. The summed E-state index contributed by atoms with van der Waals surface area (Å²) in [7, 11) is 0. The van der Waals surface area contributed by atoms with Crippen molar-refractivity contribution in [1.29, 1.82) is 0 Å². The third-order valence-electron chi connectivity index (χ3n) is 5.30. The van der Waals surface area contributed by atoms with Crippen molar-refractivity contribution < 1.29 is 19.8 Å². The molecule has 5 rings (SSSR count). The van der Waals surface area contributed by atoms with Crippen LogP contribution in [0.25, 0.3) is 44.8 Å². The van der Waals surface area contributed by atoms with Crippen LogP contribution in [0.5, 0.6) is 0 Å². The van der Waals surface area contributed by atoms with Crippen LogP contribution in [0.1, 0.15) is 0 Å². The van der Waals surface area contributed by atoms with E-state index in [0.29, 0.717) is 11.6 Å². The molecular formula is C24H18N4O4.